The van der Waals surface area contributed by atoms with Gasteiger partial charge in [0, 0.05) is 18.9 Å². The van der Waals surface area contributed by atoms with Gasteiger partial charge in [0.25, 0.3) is 0 Å². The molecule has 2 saturated heterocycles. The Balaban J connectivity index is 1.64. The minimum absolute atomic E-state index is 0.149. The average Bonchev–Trinajstić information content (AvgIpc) is 3.02. The second kappa shape index (κ2) is 5.37. The van der Waals surface area contributed by atoms with E-state index >= 15 is 0 Å². The predicted molar refractivity (Wildman–Crippen MR) is 93.9 cm³/mol. The lowest BCUT2D eigenvalue weighted by Gasteiger charge is -2.35. The van der Waals surface area contributed by atoms with Gasteiger partial charge in [-0.25, -0.2) is 4.79 Å². The third-order valence-electron chi connectivity index (χ3n) is 6.11. The molecule has 0 aromatic carbocycles. The van der Waals surface area contributed by atoms with Gasteiger partial charge in [-0.05, 0) is 73.1 Å². The minimum atomic E-state index is -0.448. The van der Waals surface area contributed by atoms with E-state index in [1.165, 1.54) is 0 Å². The number of nitrogens with zero attached hydrogens (tertiary/aromatic N) is 1. The van der Waals surface area contributed by atoms with Crippen molar-refractivity contribution in [3.63, 3.8) is 0 Å². The number of likely N-dealkylation sites (tertiary alicyclic amines) is 1. The second-order valence-electron chi connectivity index (χ2n) is 9.80. The molecule has 0 bridgehead atoms. The van der Waals surface area contributed by atoms with Gasteiger partial charge in [-0.3, -0.25) is 0 Å². The molecule has 1 spiro atoms. The zero-order valence-electron chi connectivity index (χ0n) is 16.3. The van der Waals surface area contributed by atoms with Crippen molar-refractivity contribution in [3.8, 4) is 0 Å². The number of amides is 1. The van der Waals surface area contributed by atoms with Crippen LogP contribution < -0.4 is 0 Å². The number of carbonyl (C=O) groups excluding carboxylic acids is 1. The van der Waals surface area contributed by atoms with Crippen LogP contribution in [0.15, 0.2) is 0 Å². The van der Waals surface area contributed by atoms with Crippen molar-refractivity contribution in [1.29, 1.82) is 0 Å². The molecule has 6 heteroatoms. The molecule has 24 heavy (non-hydrogen) atoms. The lowest BCUT2D eigenvalue weighted by Crippen LogP contribution is -2.44. The zero-order valence-corrected chi connectivity index (χ0v) is 16.3. The van der Waals surface area contributed by atoms with Crippen LogP contribution in [0.3, 0.4) is 0 Å². The molecule has 1 saturated carbocycles. The molecule has 3 rings (SSSR count). The average molecular weight is 337 g/mol. The fraction of sp³-hybridized carbons (Fsp3) is 0.944. The fourth-order valence-electron chi connectivity index (χ4n) is 3.93. The van der Waals surface area contributed by atoms with Crippen LogP contribution in [0.2, 0.25) is 5.82 Å². The highest BCUT2D eigenvalue weighted by atomic mass is 16.7. The lowest BCUT2D eigenvalue weighted by atomic mass is 9.74. The summed E-state index contributed by atoms with van der Waals surface area (Å²) in [5.41, 5.74) is -0.880. The van der Waals surface area contributed by atoms with E-state index in [0.717, 1.165) is 32.4 Å². The molecule has 3 aliphatic rings. The van der Waals surface area contributed by atoms with Crippen LogP contribution in [0.25, 0.3) is 0 Å². The van der Waals surface area contributed by atoms with Gasteiger partial charge in [0.1, 0.15) is 5.60 Å². The van der Waals surface area contributed by atoms with Crippen LogP contribution >= 0.6 is 0 Å². The first kappa shape index (κ1) is 18.1. The van der Waals surface area contributed by atoms with Crippen molar-refractivity contribution >= 4 is 13.2 Å². The Labute approximate surface area is 146 Å². The van der Waals surface area contributed by atoms with E-state index in [0.29, 0.717) is 5.82 Å². The van der Waals surface area contributed by atoms with Gasteiger partial charge in [0.15, 0.2) is 0 Å². The van der Waals surface area contributed by atoms with Crippen LogP contribution in [0.1, 0.15) is 67.7 Å². The van der Waals surface area contributed by atoms with E-state index in [4.69, 9.17) is 14.0 Å². The van der Waals surface area contributed by atoms with Crippen LogP contribution in [-0.2, 0) is 14.0 Å². The van der Waals surface area contributed by atoms with Crippen molar-refractivity contribution in [2.75, 3.05) is 13.1 Å². The molecule has 0 radical (unpaired) electrons. The summed E-state index contributed by atoms with van der Waals surface area (Å²) < 4.78 is 18.0. The summed E-state index contributed by atoms with van der Waals surface area (Å²) in [6, 6.07) is 0. The summed E-state index contributed by atoms with van der Waals surface area (Å²) in [6.45, 7) is 15.7. The number of rotatable bonds is 1. The Morgan fingerprint density at radius 2 is 1.75 bits per heavy atom. The second-order valence-corrected chi connectivity index (χ2v) is 9.80. The first-order valence-corrected chi connectivity index (χ1v) is 9.19. The Morgan fingerprint density at radius 1 is 1.17 bits per heavy atom. The molecule has 5 nitrogen and oxygen atoms in total. The molecule has 3 fully saturated rings. The zero-order chi connectivity index (χ0) is 18.0. The maximum absolute atomic E-state index is 12.4. The predicted octanol–water partition coefficient (Wildman–Crippen LogP) is 3.87. The standard InChI is InChI=1S/C18H32BNO4/c1-15(2,3)22-14(21)20-10-8-9-18(12-20)11-13(18)19-23-16(4,5)17(6,7)24-19/h13H,8-12H2,1-7H3. The summed E-state index contributed by atoms with van der Waals surface area (Å²) in [7, 11) is -0.159. The molecule has 0 N–H and O–H groups in total. The van der Waals surface area contributed by atoms with Crippen molar-refractivity contribution in [1.82, 2.24) is 4.90 Å². The highest BCUT2D eigenvalue weighted by Crippen LogP contribution is 2.66. The van der Waals surface area contributed by atoms with E-state index < -0.39 is 5.60 Å². The van der Waals surface area contributed by atoms with Crippen molar-refractivity contribution in [3.05, 3.63) is 0 Å². The summed E-state index contributed by atoms with van der Waals surface area (Å²) in [6.07, 6.45) is 3.04. The first-order chi connectivity index (χ1) is 10.9. The van der Waals surface area contributed by atoms with Crippen LogP contribution in [0.5, 0.6) is 0 Å². The highest BCUT2D eigenvalue weighted by Gasteiger charge is 2.67. The molecular formula is C18H32BNO4. The van der Waals surface area contributed by atoms with E-state index in [2.05, 4.69) is 27.7 Å². The molecule has 0 aromatic heterocycles. The first-order valence-electron chi connectivity index (χ1n) is 9.19. The van der Waals surface area contributed by atoms with E-state index in [1.807, 2.05) is 25.7 Å². The maximum Gasteiger partial charge on any atom is 0.461 e. The van der Waals surface area contributed by atoms with Gasteiger partial charge < -0.3 is 18.9 Å². The van der Waals surface area contributed by atoms with E-state index in [-0.39, 0.29) is 29.8 Å². The molecule has 2 aliphatic heterocycles. The summed E-state index contributed by atoms with van der Waals surface area (Å²) in [5, 5.41) is 0. The van der Waals surface area contributed by atoms with Crippen LogP contribution in [0, 0.1) is 5.41 Å². The molecule has 0 aromatic rings. The molecule has 136 valence electrons. The maximum atomic E-state index is 12.4. The highest BCUT2D eigenvalue weighted by molar-refractivity contribution is 6.49. The number of ether oxygens (including phenoxy) is 1. The molecule has 1 amide bonds. The quantitative estimate of drug-likeness (QED) is 0.682. The normalized spacial score (nSPS) is 34.5. The van der Waals surface area contributed by atoms with Gasteiger partial charge in [-0.2, -0.15) is 0 Å². The number of carbonyl (C=O) groups is 1. The monoisotopic (exact) mass is 337 g/mol. The SMILES string of the molecule is CC(C)(C)OC(=O)N1CCCC2(CC2B2OC(C)(C)C(C)(C)O2)C1. The summed E-state index contributed by atoms with van der Waals surface area (Å²) >= 11 is 0. The number of piperidine rings is 1. The molecule has 2 unspecified atom stereocenters. The van der Waals surface area contributed by atoms with Crippen molar-refractivity contribution in [2.24, 2.45) is 5.41 Å². The minimum Gasteiger partial charge on any atom is -0.444 e. The number of hydrogen-bond acceptors (Lipinski definition) is 4. The Bertz CT molecular complexity index is 512. The van der Waals surface area contributed by atoms with Gasteiger partial charge in [0.05, 0.1) is 11.2 Å². The molecule has 2 atom stereocenters. The topological polar surface area (TPSA) is 48.0 Å². The Hall–Kier alpha value is -0.745. The molecule has 1 aliphatic carbocycles. The molecule has 2 heterocycles. The van der Waals surface area contributed by atoms with E-state index in [1.54, 1.807) is 0 Å². The third kappa shape index (κ3) is 3.19. The smallest absolute Gasteiger partial charge is 0.444 e. The van der Waals surface area contributed by atoms with Gasteiger partial charge >= 0.3 is 13.2 Å². The van der Waals surface area contributed by atoms with Gasteiger partial charge in [0.2, 0.25) is 0 Å². The Morgan fingerprint density at radius 3 is 2.29 bits per heavy atom. The lowest BCUT2D eigenvalue weighted by molar-refractivity contribution is 0.00578. The molecular weight excluding hydrogens is 305 g/mol. The van der Waals surface area contributed by atoms with Crippen molar-refractivity contribution in [2.45, 2.75) is 90.3 Å². The summed E-state index contributed by atoms with van der Waals surface area (Å²) in [5.74, 6) is 0.379. The van der Waals surface area contributed by atoms with Gasteiger partial charge in [-0.1, -0.05) is 0 Å². The Kier molecular flexibility index (Phi) is 4.04. The largest absolute Gasteiger partial charge is 0.461 e. The summed E-state index contributed by atoms with van der Waals surface area (Å²) in [4.78, 5) is 14.3. The van der Waals surface area contributed by atoms with Crippen LogP contribution in [0.4, 0.5) is 4.79 Å². The van der Waals surface area contributed by atoms with E-state index in [9.17, 15) is 4.79 Å². The fourth-order valence-corrected chi connectivity index (χ4v) is 3.93. The number of hydrogen-bond donors (Lipinski definition) is 0. The van der Waals surface area contributed by atoms with Gasteiger partial charge in [-0.15, -0.1) is 0 Å². The van der Waals surface area contributed by atoms with Crippen LogP contribution in [-0.4, -0.2) is 48.0 Å². The third-order valence-corrected chi connectivity index (χ3v) is 6.11. The van der Waals surface area contributed by atoms with Crippen molar-refractivity contribution < 1.29 is 18.8 Å².